The van der Waals surface area contributed by atoms with Gasteiger partial charge in [0.1, 0.15) is 0 Å². The molecule has 0 radical (unpaired) electrons. The van der Waals surface area contributed by atoms with Gasteiger partial charge in [-0.15, -0.1) is 0 Å². The molecule has 0 N–H and O–H groups in total. The van der Waals surface area contributed by atoms with E-state index in [1.807, 2.05) is 6.08 Å². The van der Waals surface area contributed by atoms with Gasteiger partial charge in [-0.3, -0.25) is 9.69 Å². The van der Waals surface area contributed by atoms with Crippen molar-refractivity contribution in [1.82, 2.24) is 9.47 Å². The summed E-state index contributed by atoms with van der Waals surface area (Å²) in [6.07, 6.45) is 2.89. The van der Waals surface area contributed by atoms with Crippen LogP contribution in [-0.4, -0.2) is 40.7 Å². The van der Waals surface area contributed by atoms with E-state index in [4.69, 9.17) is 4.74 Å². The number of methoxy groups -OCH3 is 1. The lowest BCUT2D eigenvalue weighted by Gasteiger charge is -2.14. The first-order valence-electron chi connectivity index (χ1n) is 11.1. The number of rotatable bonds is 5. The van der Waals surface area contributed by atoms with Gasteiger partial charge >= 0.3 is 5.97 Å². The molecule has 174 valence electrons. The molecule has 0 atom stereocenters. The molecule has 3 aromatic rings. The third-order valence-corrected chi connectivity index (χ3v) is 6.95. The molecule has 0 spiro atoms. The van der Waals surface area contributed by atoms with Crippen molar-refractivity contribution >= 4 is 40.6 Å². The third-order valence-electron chi connectivity index (χ3n) is 5.89. The van der Waals surface area contributed by atoms with Crippen LogP contribution in [0.4, 0.5) is 5.69 Å². The number of thioether (sulfide) groups is 1. The van der Waals surface area contributed by atoms with Crippen molar-refractivity contribution in [3.8, 4) is 5.69 Å². The van der Waals surface area contributed by atoms with Gasteiger partial charge in [-0.2, -0.15) is 0 Å². The zero-order valence-electron chi connectivity index (χ0n) is 20.0. The van der Waals surface area contributed by atoms with Crippen LogP contribution in [0.2, 0.25) is 0 Å². The monoisotopic (exact) mass is 473 g/mol. The molecule has 1 amide bonds. The lowest BCUT2D eigenvalue weighted by Crippen LogP contribution is -2.23. The first-order chi connectivity index (χ1) is 16.3. The number of benzene rings is 2. The molecule has 1 fully saturated rings. The predicted molar refractivity (Wildman–Crippen MR) is 138 cm³/mol. The molecule has 0 unspecified atom stereocenters. The Balaban J connectivity index is 1.64. The third kappa shape index (κ3) is 4.43. The van der Waals surface area contributed by atoms with Crippen molar-refractivity contribution in [2.45, 2.75) is 27.2 Å². The molecule has 1 aliphatic heterocycles. The fourth-order valence-electron chi connectivity index (χ4n) is 4.03. The van der Waals surface area contributed by atoms with Gasteiger partial charge in [0, 0.05) is 24.1 Å². The SMILES string of the molecule is CCc1ccccc1-n1c(C)cc(/C=C2\SC(=Nc3ccc(C(=O)OC)cc3)N(C)C2=O)c1C. The number of para-hydroxylation sites is 1. The number of esters is 1. The minimum Gasteiger partial charge on any atom is -0.465 e. The summed E-state index contributed by atoms with van der Waals surface area (Å²) in [5.41, 5.74) is 6.78. The number of aryl methyl sites for hydroxylation is 2. The highest BCUT2D eigenvalue weighted by Gasteiger charge is 2.30. The first kappa shape index (κ1) is 23.6. The van der Waals surface area contributed by atoms with Crippen molar-refractivity contribution in [3.05, 3.63) is 87.6 Å². The Bertz CT molecular complexity index is 1320. The van der Waals surface area contributed by atoms with E-state index in [9.17, 15) is 9.59 Å². The smallest absolute Gasteiger partial charge is 0.337 e. The maximum Gasteiger partial charge on any atom is 0.337 e. The molecule has 0 bridgehead atoms. The lowest BCUT2D eigenvalue weighted by atomic mass is 10.1. The molecule has 1 aliphatic rings. The largest absolute Gasteiger partial charge is 0.465 e. The second-order valence-electron chi connectivity index (χ2n) is 8.05. The summed E-state index contributed by atoms with van der Waals surface area (Å²) in [5.74, 6) is -0.486. The summed E-state index contributed by atoms with van der Waals surface area (Å²) >= 11 is 1.35. The Labute approximate surface area is 203 Å². The summed E-state index contributed by atoms with van der Waals surface area (Å²) in [6, 6.07) is 17.3. The minimum atomic E-state index is -0.397. The van der Waals surface area contributed by atoms with Gasteiger partial charge in [0.15, 0.2) is 5.17 Å². The van der Waals surface area contributed by atoms with Crippen molar-refractivity contribution in [3.63, 3.8) is 0 Å². The number of likely N-dealkylation sites (N-methyl/N-ethyl adjacent to an activating group) is 1. The standard InChI is InChI=1S/C27H27N3O3S/c1-6-19-9-7-8-10-23(19)30-17(2)15-21(18(30)3)16-24-25(31)29(4)27(34-24)28-22-13-11-20(12-14-22)26(32)33-5/h7-16H,6H2,1-5H3/b24-16-,28-27?. The van der Waals surface area contributed by atoms with Gasteiger partial charge in [-0.1, -0.05) is 25.1 Å². The van der Waals surface area contributed by atoms with Gasteiger partial charge in [0.2, 0.25) is 0 Å². The maximum absolute atomic E-state index is 13.0. The number of hydrogen-bond acceptors (Lipinski definition) is 5. The lowest BCUT2D eigenvalue weighted by molar-refractivity contribution is -0.121. The summed E-state index contributed by atoms with van der Waals surface area (Å²) in [7, 11) is 3.07. The van der Waals surface area contributed by atoms with Gasteiger partial charge in [0.05, 0.1) is 23.3 Å². The number of hydrogen-bond donors (Lipinski definition) is 0. The number of carbonyl (C=O) groups excluding carboxylic acids is 2. The minimum absolute atomic E-state index is 0.0892. The zero-order valence-corrected chi connectivity index (χ0v) is 20.8. The second-order valence-corrected chi connectivity index (χ2v) is 9.06. The number of ether oxygens (including phenoxy) is 1. The second kappa shape index (κ2) is 9.73. The number of amides is 1. The molecule has 2 aromatic carbocycles. The van der Waals surface area contributed by atoms with E-state index in [0.717, 1.165) is 23.4 Å². The van der Waals surface area contributed by atoms with Gasteiger partial charge in [-0.05, 0) is 85.6 Å². The predicted octanol–water partition coefficient (Wildman–Crippen LogP) is 5.68. The van der Waals surface area contributed by atoms with Crippen LogP contribution in [0.25, 0.3) is 11.8 Å². The quantitative estimate of drug-likeness (QED) is 0.353. The van der Waals surface area contributed by atoms with E-state index in [1.54, 1.807) is 36.2 Å². The van der Waals surface area contributed by atoms with Crippen LogP contribution in [-0.2, 0) is 16.0 Å². The van der Waals surface area contributed by atoms with Crippen LogP contribution in [0.3, 0.4) is 0 Å². The topological polar surface area (TPSA) is 63.9 Å². The maximum atomic E-state index is 13.0. The Kier molecular flexibility index (Phi) is 6.75. The van der Waals surface area contributed by atoms with E-state index >= 15 is 0 Å². The van der Waals surface area contributed by atoms with Gasteiger partial charge in [-0.25, -0.2) is 9.79 Å². The van der Waals surface area contributed by atoms with Gasteiger partial charge < -0.3 is 9.30 Å². The van der Waals surface area contributed by atoms with Crippen LogP contribution in [0, 0.1) is 13.8 Å². The molecular weight excluding hydrogens is 446 g/mol. The number of carbonyl (C=O) groups is 2. The van der Waals surface area contributed by atoms with Gasteiger partial charge in [0.25, 0.3) is 5.91 Å². The Morgan fingerprint density at radius 1 is 1.12 bits per heavy atom. The molecule has 0 saturated carbocycles. The molecule has 4 rings (SSSR count). The average Bonchev–Trinajstić information content (AvgIpc) is 3.28. The summed E-state index contributed by atoms with van der Waals surface area (Å²) < 4.78 is 6.98. The van der Waals surface area contributed by atoms with Crippen LogP contribution in [0.15, 0.2) is 64.5 Å². The van der Waals surface area contributed by atoms with E-state index in [2.05, 4.69) is 60.7 Å². The van der Waals surface area contributed by atoms with Crippen LogP contribution < -0.4 is 0 Å². The Hall–Kier alpha value is -3.58. The number of amidine groups is 1. The van der Waals surface area contributed by atoms with E-state index in [-0.39, 0.29) is 5.91 Å². The van der Waals surface area contributed by atoms with Crippen molar-refractivity contribution in [2.24, 2.45) is 4.99 Å². The van der Waals surface area contributed by atoms with E-state index in [1.165, 1.54) is 30.1 Å². The molecule has 34 heavy (non-hydrogen) atoms. The van der Waals surface area contributed by atoms with Crippen molar-refractivity contribution < 1.29 is 14.3 Å². The zero-order chi connectivity index (χ0) is 24.4. The van der Waals surface area contributed by atoms with E-state index in [0.29, 0.717) is 21.3 Å². The highest BCUT2D eigenvalue weighted by Crippen LogP contribution is 2.35. The average molecular weight is 474 g/mol. The molecule has 0 aliphatic carbocycles. The van der Waals surface area contributed by atoms with E-state index < -0.39 is 5.97 Å². The summed E-state index contributed by atoms with van der Waals surface area (Å²) in [6.45, 7) is 6.32. The normalized spacial score (nSPS) is 16.0. The molecule has 1 saturated heterocycles. The number of aromatic nitrogens is 1. The number of aliphatic imine (C=N–C) groups is 1. The molecule has 2 heterocycles. The van der Waals surface area contributed by atoms with Crippen molar-refractivity contribution in [1.29, 1.82) is 0 Å². The number of nitrogens with zero attached hydrogens (tertiary/aromatic N) is 3. The Morgan fingerprint density at radius 2 is 1.82 bits per heavy atom. The first-order valence-corrected chi connectivity index (χ1v) is 11.9. The van der Waals surface area contributed by atoms with Crippen molar-refractivity contribution in [2.75, 3.05) is 14.2 Å². The molecule has 7 heteroatoms. The summed E-state index contributed by atoms with van der Waals surface area (Å²) in [4.78, 5) is 31.4. The fraction of sp³-hybridized carbons (Fsp3) is 0.222. The van der Waals surface area contributed by atoms with Crippen LogP contribution >= 0.6 is 11.8 Å². The molecule has 6 nitrogen and oxygen atoms in total. The van der Waals surface area contributed by atoms with Crippen LogP contribution in [0.1, 0.15) is 39.8 Å². The fourth-order valence-corrected chi connectivity index (χ4v) is 5.00. The highest BCUT2D eigenvalue weighted by atomic mass is 32.2. The molecular formula is C27H27N3O3S. The summed E-state index contributed by atoms with van der Waals surface area (Å²) in [5, 5.41) is 0.590. The highest BCUT2D eigenvalue weighted by molar-refractivity contribution is 8.18. The Morgan fingerprint density at radius 3 is 2.50 bits per heavy atom. The van der Waals surface area contributed by atoms with Crippen LogP contribution in [0.5, 0.6) is 0 Å². The molecule has 1 aromatic heterocycles.